The molecule has 16 heavy (non-hydrogen) atoms. The van der Waals surface area contributed by atoms with Gasteiger partial charge in [-0.3, -0.25) is 4.42 Å². The third-order valence-electron chi connectivity index (χ3n) is 2.62. The maximum absolute atomic E-state index is 5.96. The van der Waals surface area contributed by atoms with Gasteiger partial charge in [0.05, 0.1) is 11.9 Å². The molecule has 1 aromatic carbocycles. The second-order valence-electron chi connectivity index (χ2n) is 3.65. The van der Waals surface area contributed by atoms with Gasteiger partial charge >= 0.3 is 0 Å². The smallest absolute Gasteiger partial charge is 0.136 e. The lowest BCUT2D eigenvalue weighted by atomic mass is 10.2. The van der Waals surface area contributed by atoms with Gasteiger partial charge in [-0.25, -0.2) is 4.98 Å². The molecule has 0 N–H and O–H groups in total. The summed E-state index contributed by atoms with van der Waals surface area (Å²) in [7, 11) is 0. The van der Waals surface area contributed by atoms with E-state index in [1.165, 1.54) is 0 Å². The van der Waals surface area contributed by atoms with Crippen LogP contribution >= 0.6 is 11.8 Å². The minimum absolute atomic E-state index is 0.623. The fourth-order valence-electron chi connectivity index (χ4n) is 1.84. The first kappa shape index (κ1) is 9.48. The molecular weight excluding hydrogens is 222 g/mol. The van der Waals surface area contributed by atoms with Gasteiger partial charge in [-0.15, -0.1) is 0 Å². The Morgan fingerprint density at radius 2 is 2.00 bits per heavy atom. The first-order valence-electron chi connectivity index (χ1n) is 5.06. The molecule has 1 aromatic heterocycles. The van der Waals surface area contributed by atoms with Crippen LogP contribution in [0.5, 0.6) is 0 Å². The van der Waals surface area contributed by atoms with Crippen molar-refractivity contribution in [1.82, 2.24) is 14.0 Å². The molecule has 0 radical (unpaired) electrons. The molecule has 0 amide bonds. The Bertz CT molecular complexity index is 530. The molecule has 1 aliphatic heterocycles. The number of fused-ring (bicyclic) bond motifs is 1. The van der Waals surface area contributed by atoms with Gasteiger partial charge in [0.25, 0.3) is 0 Å². The van der Waals surface area contributed by atoms with Crippen LogP contribution in [0.4, 0.5) is 0 Å². The highest BCUT2D eigenvalue weighted by Crippen LogP contribution is 2.24. The van der Waals surface area contributed by atoms with Crippen molar-refractivity contribution in [2.75, 3.05) is 0 Å². The zero-order chi connectivity index (χ0) is 11.0. The van der Waals surface area contributed by atoms with Crippen LogP contribution in [0, 0.1) is 0 Å². The fourth-order valence-corrected chi connectivity index (χ4v) is 2.00. The summed E-state index contributed by atoms with van der Waals surface area (Å²) in [5.41, 5.74) is 2.24. The molecule has 0 aliphatic carbocycles. The van der Waals surface area contributed by atoms with E-state index in [4.69, 9.17) is 11.8 Å². The maximum atomic E-state index is 5.96. The Labute approximate surface area is 98.7 Å². The second kappa shape index (κ2) is 3.68. The minimum atomic E-state index is 0.623. The zero-order valence-corrected chi connectivity index (χ0v) is 9.30. The van der Waals surface area contributed by atoms with E-state index in [9.17, 15) is 0 Å². The normalized spacial score (nSPS) is 13.9. The molecule has 0 spiro atoms. The van der Waals surface area contributed by atoms with E-state index in [1.54, 1.807) is 4.42 Å². The SMILES string of the molecule is ClN1C=Cc2ncc(-c3ccccc3)n2C1. The molecule has 0 unspecified atom stereocenters. The standard InChI is InChI=1S/C12H10ClN3/c13-15-7-6-12-14-8-11(16(12)9-15)10-4-2-1-3-5-10/h1-8H,9H2. The van der Waals surface area contributed by atoms with Crippen LogP contribution in [-0.2, 0) is 6.67 Å². The Morgan fingerprint density at radius 3 is 2.81 bits per heavy atom. The van der Waals surface area contributed by atoms with Crippen molar-refractivity contribution in [1.29, 1.82) is 0 Å². The number of nitrogens with zero attached hydrogens (tertiary/aromatic N) is 3. The van der Waals surface area contributed by atoms with E-state index in [-0.39, 0.29) is 0 Å². The highest BCUT2D eigenvalue weighted by molar-refractivity contribution is 6.14. The average Bonchev–Trinajstić information content (AvgIpc) is 2.73. The van der Waals surface area contributed by atoms with Crippen molar-refractivity contribution in [3.05, 3.63) is 48.6 Å². The summed E-state index contributed by atoms with van der Waals surface area (Å²) >= 11 is 5.96. The van der Waals surface area contributed by atoms with E-state index in [0.29, 0.717) is 6.67 Å². The number of hydrogen-bond donors (Lipinski definition) is 0. The molecule has 0 bridgehead atoms. The highest BCUT2D eigenvalue weighted by Gasteiger charge is 2.14. The Kier molecular flexibility index (Phi) is 2.18. The molecule has 1 aliphatic rings. The van der Waals surface area contributed by atoms with Gasteiger partial charge in [0, 0.05) is 18.0 Å². The summed E-state index contributed by atoms with van der Waals surface area (Å²) in [6.07, 6.45) is 5.60. The van der Waals surface area contributed by atoms with Crippen molar-refractivity contribution < 1.29 is 0 Å². The van der Waals surface area contributed by atoms with Gasteiger partial charge in [-0.05, 0) is 11.6 Å². The van der Waals surface area contributed by atoms with Crippen molar-refractivity contribution >= 4 is 17.9 Å². The van der Waals surface area contributed by atoms with Gasteiger partial charge in [-0.1, -0.05) is 30.3 Å². The first-order chi connectivity index (χ1) is 7.84. The summed E-state index contributed by atoms with van der Waals surface area (Å²) in [6.45, 7) is 0.623. The summed E-state index contributed by atoms with van der Waals surface area (Å²) in [6, 6.07) is 10.2. The minimum Gasteiger partial charge on any atom is -0.305 e. The molecule has 0 saturated heterocycles. The number of halogens is 1. The average molecular weight is 232 g/mol. The maximum Gasteiger partial charge on any atom is 0.136 e. The molecule has 2 heterocycles. The molecular formula is C12H10ClN3. The summed E-state index contributed by atoms with van der Waals surface area (Å²) in [5, 5.41) is 0. The molecule has 0 saturated carbocycles. The van der Waals surface area contributed by atoms with Gasteiger partial charge < -0.3 is 4.57 Å². The lowest BCUT2D eigenvalue weighted by Gasteiger charge is -2.19. The Hall–Kier alpha value is -1.74. The predicted molar refractivity (Wildman–Crippen MR) is 64.4 cm³/mol. The summed E-state index contributed by atoms with van der Waals surface area (Å²) in [5.74, 6) is 0.941. The quantitative estimate of drug-likeness (QED) is 0.704. The van der Waals surface area contributed by atoms with Crippen molar-refractivity contribution in [3.8, 4) is 11.3 Å². The molecule has 2 aromatic rings. The van der Waals surface area contributed by atoms with Crippen LogP contribution in [0.15, 0.2) is 42.7 Å². The van der Waals surface area contributed by atoms with E-state index >= 15 is 0 Å². The van der Waals surface area contributed by atoms with Crippen LogP contribution in [-0.4, -0.2) is 14.0 Å². The number of benzene rings is 1. The van der Waals surface area contributed by atoms with E-state index in [2.05, 4.69) is 21.7 Å². The Morgan fingerprint density at radius 1 is 1.19 bits per heavy atom. The molecule has 80 valence electrons. The third kappa shape index (κ3) is 1.49. The number of imidazole rings is 1. The lowest BCUT2D eigenvalue weighted by Crippen LogP contribution is -2.17. The number of rotatable bonds is 1. The van der Waals surface area contributed by atoms with Crippen molar-refractivity contribution in [2.24, 2.45) is 0 Å². The first-order valence-corrected chi connectivity index (χ1v) is 5.40. The van der Waals surface area contributed by atoms with Crippen molar-refractivity contribution in [3.63, 3.8) is 0 Å². The van der Waals surface area contributed by atoms with Crippen LogP contribution in [0.3, 0.4) is 0 Å². The number of aromatic nitrogens is 2. The van der Waals surface area contributed by atoms with Gasteiger partial charge in [0.15, 0.2) is 0 Å². The van der Waals surface area contributed by atoms with E-state index in [0.717, 1.165) is 17.1 Å². The zero-order valence-electron chi connectivity index (χ0n) is 8.55. The second-order valence-corrected chi connectivity index (χ2v) is 4.09. The summed E-state index contributed by atoms with van der Waals surface area (Å²) in [4.78, 5) is 4.36. The molecule has 0 fully saturated rings. The Balaban J connectivity index is 2.11. The lowest BCUT2D eigenvalue weighted by molar-refractivity contribution is 0.463. The van der Waals surface area contributed by atoms with Crippen LogP contribution in [0.25, 0.3) is 17.3 Å². The number of hydrogen-bond acceptors (Lipinski definition) is 2. The molecule has 3 nitrogen and oxygen atoms in total. The molecule has 3 rings (SSSR count). The van der Waals surface area contributed by atoms with Gasteiger partial charge in [0.2, 0.25) is 0 Å². The van der Waals surface area contributed by atoms with Crippen molar-refractivity contribution in [2.45, 2.75) is 6.67 Å². The van der Waals surface area contributed by atoms with Gasteiger partial charge in [-0.2, -0.15) is 0 Å². The summed E-state index contributed by atoms with van der Waals surface area (Å²) < 4.78 is 3.70. The van der Waals surface area contributed by atoms with Gasteiger partial charge in [0.1, 0.15) is 12.5 Å². The molecule has 0 atom stereocenters. The highest BCUT2D eigenvalue weighted by atomic mass is 35.5. The third-order valence-corrected chi connectivity index (χ3v) is 2.84. The van der Waals surface area contributed by atoms with Crippen LogP contribution < -0.4 is 0 Å². The van der Waals surface area contributed by atoms with E-state index < -0.39 is 0 Å². The molecule has 4 heteroatoms. The van der Waals surface area contributed by atoms with E-state index in [1.807, 2.05) is 36.7 Å². The van der Waals surface area contributed by atoms with Crippen LogP contribution in [0.2, 0.25) is 0 Å². The monoisotopic (exact) mass is 231 g/mol. The largest absolute Gasteiger partial charge is 0.305 e. The fraction of sp³-hybridized carbons (Fsp3) is 0.0833. The topological polar surface area (TPSA) is 21.1 Å². The predicted octanol–water partition coefficient (Wildman–Crippen LogP) is 2.95. The van der Waals surface area contributed by atoms with Crippen LogP contribution in [0.1, 0.15) is 5.82 Å².